The highest BCUT2D eigenvalue weighted by molar-refractivity contribution is 5.83. The molecule has 1 fully saturated rings. The van der Waals surface area contributed by atoms with Crippen LogP contribution in [0.5, 0.6) is 0 Å². The summed E-state index contributed by atoms with van der Waals surface area (Å²) in [6, 6.07) is -0.119. The number of primary amides is 1. The maximum atomic E-state index is 11.7. The lowest BCUT2D eigenvalue weighted by atomic mass is 9.92. The second-order valence-electron chi connectivity index (χ2n) is 4.06. The van der Waals surface area contributed by atoms with Crippen LogP contribution in [-0.2, 0) is 9.59 Å². The number of nitrogens with two attached hydrogens (primary N) is 1. The van der Waals surface area contributed by atoms with Crippen molar-refractivity contribution in [2.24, 2.45) is 11.7 Å². The second kappa shape index (κ2) is 5.70. The number of nitrogens with one attached hydrogen (secondary N) is 2. The van der Waals surface area contributed by atoms with E-state index in [1.807, 2.05) is 0 Å². The van der Waals surface area contributed by atoms with E-state index in [2.05, 4.69) is 17.6 Å². The number of hydrogen-bond acceptors (Lipinski definition) is 3. The number of carbonyl (C=O) groups excluding carboxylic acids is 2. The third-order valence-electron chi connectivity index (χ3n) is 2.72. The van der Waals surface area contributed by atoms with Crippen LogP contribution in [-0.4, -0.2) is 30.9 Å². The van der Waals surface area contributed by atoms with Gasteiger partial charge >= 0.3 is 0 Å². The first kappa shape index (κ1) is 12.0. The van der Waals surface area contributed by atoms with Crippen molar-refractivity contribution in [2.45, 2.75) is 32.2 Å². The van der Waals surface area contributed by atoms with Crippen LogP contribution in [0.4, 0.5) is 0 Å². The first-order valence-corrected chi connectivity index (χ1v) is 5.40. The molecule has 5 nitrogen and oxygen atoms in total. The SMILES string of the molecule is CC1CCCNC1C(=O)NCCC(N)=O. The summed E-state index contributed by atoms with van der Waals surface area (Å²) in [5.41, 5.74) is 4.98. The Morgan fingerprint density at radius 2 is 2.27 bits per heavy atom. The Morgan fingerprint density at radius 3 is 2.87 bits per heavy atom. The van der Waals surface area contributed by atoms with Crippen molar-refractivity contribution >= 4 is 11.8 Å². The van der Waals surface area contributed by atoms with Crippen LogP contribution in [0.1, 0.15) is 26.2 Å². The van der Waals surface area contributed by atoms with Crippen molar-refractivity contribution in [3.8, 4) is 0 Å². The average Bonchev–Trinajstić information content (AvgIpc) is 2.17. The molecule has 86 valence electrons. The van der Waals surface area contributed by atoms with Crippen molar-refractivity contribution in [1.29, 1.82) is 0 Å². The van der Waals surface area contributed by atoms with Gasteiger partial charge < -0.3 is 16.4 Å². The Balaban J connectivity index is 2.29. The zero-order valence-corrected chi connectivity index (χ0v) is 9.08. The van der Waals surface area contributed by atoms with E-state index in [4.69, 9.17) is 5.73 Å². The van der Waals surface area contributed by atoms with Gasteiger partial charge in [0.1, 0.15) is 0 Å². The molecule has 15 heavy (non-hydrogen) atoms. The zero-order valence-electron chi connectivity index (χ0n) is 9.08. The predicted molar refractivity (Wildman–Crippen MR) is 57.0 cm³/mol. The third-order valence-corrected chi connectivity index (χ3v) is 2.72. The normalized spacial score (nSPS) is 25.9. The van der Waals surface area contributed by atoms with E-state index in [9.17, 15) is 9.59 Å². The molecule has 1 heterocycles. The van der Waals surface area contributed by atoms with Gasteiger partial charge in [0, 0.05) is 13.0 Å². The number of rotatable bonds is 4. The van der Waals surface area contributed by atoms with Gasteiger partial charge in [-0.3, -0.25) is 9.59 Å². The van der Waals surface area contributed by atoms with Gasteiger partial charge in [0.05, 0.1) is 6.04 Å². The molecule has 0 radical (unpaired) electrons. The van der Waals surface area contributed by atoms with E-state index in [0.717, 1.165) is 19.4 Å². The van der Waals surface area contributed by atoms with Crippen molar-refractivity contribution in [1.82, 2.24) is 10.6 Å². The van der Waals surface area contributed by atoms with Gasteiger partial charge in [0.2, 0.25) is 11.8 Å². The van der Waals surface area contributed by atoms with Crippen LogP contribution in [0, 0.1) is 5.92 Å². The highest BCUT2D eigenvalue weighted by atomic mass is 16.2. The van der Waals surface area contributed by atoms with Crippen LogP contribution in [0.25, 0.3) is 0 Å². The monoisotopic (exact) mass is 213 g/mol. The third kappa shape index (κ3) is 3.87. The van der Waals surface area contributed by atoms with E-state index in [-0.39, 0.29) is 24.3 Å². The number of carbonyl (C=O) groups is 2. The molecule has 1 aliphatic rings. The summed E-state index contributed by atoms with van der Waals surface area (Å²) in [5, 5.41) is 5.89. The molecule has 0 aliphatic carbocycles. The standard InChI is InChI=1S/C10H19N3O2/c1-7-3-2-5-12-9(7)10(15)13-6-4-8(11)14/h7,9,12H,2-6H2,1H3,(H2,11,14)(H,13,15). The number of amides is 2. The highest BCUT2D eigenvalue weighted by Crippen LogP contribution is 2.15. The molecule has 2 atom stereocenters. The van der Waals surface area contributed by atoms with Gasteiger partial charge in [-0.2, -0.15) is 0 Å². The Labute approximate surface area is 89.8 Å². The van der Waals surface area contributed by atoms with Gasteiger partial charge in [0.15, 0.2) is 0 Å². The predicted octanol–water partition coefficient (Wildman–Crippen LogP) is -0.634. The molecule has 1 saturated heterocycles. The van der Waals surface area contributed by atoms with E-state index in [1.54, 1.807) is 0 Å². The Hall–Kier alpha value is -1.10. The molecular weight excluding hydrogens is 194 g/mol. The van der Waals surface area contributed by atoms with Crippen molar-refractivity contribution in [3.05, 3.63) is 0 Å². The Morgan fingerprint density at radius 1 is 1.53 bits per heavy atom. The van der Waals surface area contributed by atoms with Gasteiger partial charge in [-0.1, -0.05) is 6.92 Å². The lowest BCUT2D eigenvalue weighted by Gasteiger charge is -2.28. The van der Waals surface area contributed by atoms with Gasteiger partial charge in [-0.05, 0) is 25.3 Å². The topological polar surface area (TPSA) is 84.2 Å². The molecule has 0 spiro atoms. The molecule has 2 unspecified atom stereocenters. The smallest absolute Gasteiger partial charge is 0.237 e. The second-order valence-corrected chi connectivity index (χ2v) is 4.06. The van der Waals surface area contributed by atoms with E-state index >= 15 is 0 Å². The molecule has 4 N–H and O–H groups in total. The van der Waals surface area contributed by atoms with Gasteiger partial charge in [-0.25, -0.2) is 0 Å². The lowest BCUT2D eigenvalue weighted by molar-refractivity contribution is -0.125. The summed E-state index contributed by atoms with van der Waals surface area (Å²) in [6.07, 6.45) is 2.39. The summed E-state index contributed by atoms with van der Waals surface area (Å²) >= 11 is 0. The Bertz CT molecular complexity index is 243. The molecule has 0 bridgehead atoms. The van der Waals surface area contributed by atoms with Crippen LogP contribution >= 0.6 is 0 Å². The average molecular weight is 213 g/mol. The fourth-order valence-electron chi connectivity index (χ4n) is 1.82. The minimum Gasteiger partial charge on any atom is -0.370 e. The molecule has 0 aromatic rings. The zero-order chi connectivity index (χ0) is 11.3. The molecule has 2 amide bonds. The lowest BCUT2D eigenvalue weighted by Crippen LogP contribution is -2.51. The fraction of sp³-hybridized carbons (Fsp3) is 0.800. The van der Waals surface area contributed by atoms with Crippen molar-refractivity contribution in [3.63, 3.8) is 0 Å². The van der Waals surface area contributed by atoms with E-state index in [0.29, 0.717) is 12.5 Å². The summed E-state index contributed by atoms with van der Waals surface area (Å²) < 4.78 is 0. The number of hydrogen-bond donors (Lipinski definition) is 3. The van der Waals surface area contributed by atoms with Crippen LogP contribution < -0.4 is 16.4 Å². The van der Waals surface area contributed by atoms with Crippen LogP contribution in [0.3, 0.4) is 0 Å². The highest BCUT2D eigenvalue weighted by Gasteiger charge is 2.26. The molecule has 0 aromatic heterocycles. The summed E-state index contributed by atoms with van der Waals surface area (Å²) in [7, 11) is 0. The van der Waals surface area contributed by atoms with Crippen molar-refractivity contribution in [2.75, 3.05) is 13.1 Å². The molecule has 0 aromatic carbocycles. The minimum absolute atomic E-state index is 0.0246. The molecule has 1 aliphatic heterocycles. The van der Waals surface area contributed by atoms with Gasteiger partial charge in [-0.15, -0.1) is 0 Å². The van der Waals surface area contributed by atoms with Crippen LogP contribution in [0.2, 0.25) is 0 Å². The Kier molecular flexibility index (Phi) is 4.55. The summed E-state index contributed by atoms with van der Waals surface area (Å²) in [5.74, 6) is -0.0595. The first-order valence-electron chi connectivity index (χ1n) is 5.40. The molecule has 5 heteroatoms. The summed E-state index contributed by atoms with van der Waals surface area (Å²) in [4.78, 5) is 22.1. The molecule has 0 saturated carbocycles. The minimum atomic E-state index is -0.389. The molecule has 1 rings (SSSR count). The quantitative estimate of drug-likeness (QED) is 0.581. The first-order chi connectivity index (χ1) is 7.11. The molecular formula is C10H19N3O2. The van der Waals surface area contributed by atoms with Crippen molar-refractivity contribution < 1.29 is 9.59 Å². The number of piperidine rings is 1. The maximum Gasteiger partial charge on any atom is 0.237 e. The summed E-state index contributed by atoms with van der Waals surface area (Å²) in [6.45, 7) is 3.28. The van der Waals surface area contributed by atoms with Crippen LogP contribution in [0.15, 0.2) is 0 Å². The fourth-order valence-corrected chi connectivity index (χ4v) is 1.82. The largest absolute Gasteiger partial charge is 0.370 e. The van der Waals surface area contributed by atoms with E-state index in [1.165, 1.54) is 0 Å². The van der Waals surface area contributed by atoms with Gasteiger partial charge in [0.25, 0.3) is 0 Å². The maximum absolute atomic E-state index is 11.7. The van der Waals surface area contributed by atoms with E-state index < -0.39 is 0 Å².